The molecule has 5 heteroatoms. The quantitative estimate of drug-likeness (QED) is 0.750. The van der Waals surface area contributed by atoms with E-state index in [0.717, 1.165) is 16.6 Å². The molecule has 0 saturated heterocycles. The summed E-state index contributed by atoms with van der Waals surface area (Å²) in [4.78, 5) is 11.4. The number of halogens is 1. The van der Waals surface area contributed by atoms with Crippen LogP contribution in [-0.2, 0) is 11.3 Å². The Balaban J connectivity index is 2.61. The maximum atomic E-state index is 11.4. The van der Waals surface area contributed by atoms with Gasteiger partial charge in [-0.05, 0) is 24.7 Å². The minimum absolute atomic E-state index is 0.0392. The summed E-state index contributed by atoms with van der Waals surface area (Å²) < 4.78 is 6.48. The molecule has 1 rings (SSSR count). The van der Waals surface area contributed by atoms with Crippen LogP contribution in [0, 0.1) is 12.3 Å². The molecule has 4 nitrogen and oxygen atoms in total. The first kappa shape index (κ1) is 15.5. The highest BCUT2D eigenvalue weighted by molar-refractivity contribution is 9.10. The van der Waals surface area contributed by atoms with Gasteiger partial charge in [-0.15, -0.1) is 6.42 Å². The van der Waals surface area contributed by atoms with Crippen LogP contribution in [0.3, 0.4) is 0 Å². The summed E-state index contributed by atoms with van der Waals surface area (Å²) >= 11 is 3.42. The van der Waals surface area contributed by atoms with Gasteiger partial charge in [-0.2, -0.15) is 0 Å². The van der Waals surface area contributed by atoms with Crippen molar-refractivity contribution in [2.24, 2.45) is 0 Å². The number of benzene rings is 1. The van der Waals surface area contributed by atoms with Crippen molar-refractivity contribution in [3.8, 4) is 18.1 Å². The summed E-state index contributed by atoms with van der Waals surface area (Å²) in [7, 11) is 0. The van der Waals surface area contributed by atoms with E-state index in [9.17, 15) is 4.79 Å². The van der Waals surface area contributed by atoms with Crippen LogP contribution in [0.1, 0.15) is 12.5 Å². The molecule has 0 unspecified atom stereocenters. The fourth-order valence-corrected chi connectivity index (χ4v) is 1.84. The van der Waals surface area contributed by atoms with Gasteiger partial charge in [0.2, 0.25) is 0 Å². The summed E-state index contributed by atoms with van der Waals surface area (Å²) in [6.45, 7) is 3.77. The predicted octanol–water partition coefficient (Wildman–Crippen LogP) is 1.69. The number of nitrogens with one attached hydrogen (secondary N) is 2. The van der Waals surface area contributed by atoms with Gasteiger partial charge in [-0.25, -0.2) is 0 Å². The molecule has 0 aliphatic rings. The standard InChI is InChI=1S/C14H17BrN2O2/c1-3-7-17-14(18)10-19-13-6-5-12(15)8-11(13)9-16-4-2/h1,5-6,8,16H,4,7,9-10H2,2H3,(H,17,18). The maximum Gasteiger partial charge on any atom is 0.258 e. The average molecular weight is 325 g/mol. The monoisotopic (exact) mass is 324 g/mol. The molecule has 0 aliphatic carbocycles. The third-order valence-corrected chi connectivity index (χ3v) is 2.83. The number of hydrogen-bond donors (Lipinski definition) is 2. The van der Waals surface area contributed by atoms with E-state index in [1.165, 1.54) is 0 Å². The topological polar surface area (TPSA) is 50.4 Å². The summed E-state index contributed by atoms with van der Waals surface area (Å²) in [6, 6.07) is 5.69. The van der Waals surface area contributed by atoms with Crippen molar-refractivity contribution in [2.75, 3.05) is 19.7 Å². The van der Waals surface area contributed by atoms with Gasteiger partial charge in [-0.1, -0.05) is 28.8 Å². The lowest BCUT2D eigenvalue weighted by atomic mass is 10.2. The molecule has 0 saturated carbocycles. The highest BCUT2D eigenvalue weighted by Crippen LogP contribution is 2.23. The fraction of sp³-hybridized carbons (Fsp3) is 0.357. The summed E-state index contributed by atoms with van der Waals surface area (Å²) in [5.74, 6) is 2.81. The summed E-state index contributed by atoms with van der Waals surface area (Å²) in [5.41, 5.74) is 1.00. The molecule has 1 aromatic carbocycles. The molecule has 0 bridgehead atoms. The zero-order chi connectivity index (χ0) is 14.1. The van der Waals surface area contributed by atoms with E-state index in [1.807, 2.05) is 25.1 Å². The zero-order valence-corrected chi connectivity index (χ0v) is 12.4. The first-order chi connectivity index (χ1) is 9.17. The van der Waals surface area contributed by atoms with E-state index in [0.29, 0.717) is 12.3 Å². The Labute approximate surface area is 122 Å². The molecule has 102 valence electrons. The van der Waals surface area contributed by atoms with E-state index in [2.05, 4.69) is 32.5 Å². The molecule has 0 fully saturated rings. The van der Waals surface area contributed by atoms with Crippen molar-refractivity contribution in [3.05, 3.63) is 28.2 Å². The number of amides is 1. The van der Waals surface area contributed by atoms with E-state index in [1.54, 1.807) is 0 Å². The number of carbonyl (C=O) groups excluding carboxylic acids is 1. The lowest BCUT2D eigenvalue weighted by Gasteiger charge is -2.12. The Morgan fingerprint density at radius 1 is 1.53 bits per heavy atom. The van der Waals surface area contributed by atoms with Gasteiger partial charge in [0, 0.05) is 16.6 Å². The lowest BCUT2D eigenvalue weighted by Crippen LogP contribution is -2.29. The smallest absolute Gasteiger partial charge is 0.258 e. The van der Waals surface area contributed by atoms with Gasteiger partial charge < -0.3 is 15.4 Å². The van der Waals surface area contributed by atoms with Crippen LogP contribution in [-0.4, -0.2) is 25.6 Å². The van der Waals surface area contributed by atoms with Gasteiger partial charge in [0.15, 0.2) is 6.61 Å². The Morgan fingerprint density at radius 3 is 3.00 bits per heavy atom. The summed E-state index contributed by atoms with van der Waals surface area (Å²) in [6.07, 6.45) is 5.06. The van der Waals surface area contributed by atoms with Crippen molar-refractivity contribution in [2.45, 2.75) is 13.5 Å². The number of carbonyl (C=O) groups is 1. The van der Waals surface area contributed by atoms with E-state index in [-0.39, 0.29) is 19.1 Å². The molecular weight excluding hydrogens is 308 g/mol. The van der Waals surface area contributed by atoms with Gasteiger partial charge in [-0.3, -0.25) is 4.79 Å². The third kappa shape index (κ3) is 5.77. The maximum absolute atomic E-state index is 11.4. The van der Waals surface area contributed by atoms with Gasteiger partial charge in [0.1, 0.15) is 5.75 Å². The fourth-order valence-electron chi connectivity index (χ4n) is 1.43. The Morgan fingerprint density at radius 2 is 2.32 bits per heavy atom. The second-order valence-corrected chi connectivity index (χ2v) is 4.72. The highest BCUT2D eigenvalue weighted by atomic mass is 79.9. The first-order valence-electron chi connectivity index (χ1n) is 5.99. The Kier molecular flexibility index (Phi) is 7.01. The van der Waals surface area contributed by atoms with Crippen LogP contribution in [0.15, 0.2) is 22.7 Å². The molecule has 0 aliphatic heterocycles. The van der Waals surface area contributed by atoms with Crippen LogP contribution in [0.25, 0.3) is 0 Å². The van der Waals surface area contributed by atoms with Crippen molar-refractivity contribution in [1.82, 2.24) is 10.6 Å². The zero-order valence-electron chi connectivity index (χ0n) is 10.8. The van der Waals surface area contributed by atoms with Gasteiger partial charge in [0.05, 0.1) is 6.54 Å². The first-order valence-corrected chi connectivity index (χ1v) is 6.78. The normalized spacial score (nSPS) is 9.74. The molecule has 0 atom stereocenters. The molecule has 0 aromatic heterocycles. The predicted molar refractivity (Wildman–Crippen MR) is 78.9 cm³/mol. The second-order valence-electron chi connectivity index (χ2n) is 3.80. The molecule has 1 amide bonds. The molecule has 2 N–H and O–H groups in total. The van der Waals surface area contributed by atoms with E-state index in [4.69, 9.17) is 11.2 Å². The highest BCUT2D eigenvalue weighted by Gasteiger charge is 2.07. The molecule has 0 radical (unpaired) electrons. The molecule has 0 heterocycles. The number of hydrogen-bond acceptors (Lipinski definition) is 3. The number of ether oxygens (including phenoxy) is 1. The Bertz CT molecular complexity index is 469. The molecule has 0 spiro atoms. The van der Waals surface area contributed by atoms with Crippen LogP contribution < -0.4 is 15.4 Å². The number of rotatable bonds is 7. The van der Waals surface area contributed by atoms with Gasteiger partial charge in [0.25, 0.3) is 5.91 Å². The second kappa shape index (κ2) is 8.57. The Hall–Kier alpha value is -1.51. The van der Waals surface area contributed by atoms with Crippen LogP contribution in [0.4, 0.5) is 0 Å². The van der Waals surface area contributed by atoms with E-state index < -0.39 is 0 Å². The number of terminal acetylenes is 1. The lowest BCUT2D eigenvalue weighted by molar-refractivity contribution is -0.122. The van der Waals surface area contributed by atoms with E-state index >= 15 is 0 Å². The molecular formula is C14H17BrN2O2. The minimum Gasteiger partial charge on any atom is -0.483 e. The minimum atomic E-state index is -0.227. The average Bonchev–Trinajstić information content (AvgIpc) is 2.41. The van der Waals surface area contributed by atoms with Gasteiger partial charge >= 0.3 is 0 Å². The van der Waals surface area contributed by atoms with Crippen molar-refractivity contribution in [3.63, 3.8) is 0 Å². The molecule has 1 aromatic rings. The third-order valence-electron chi connectivity index (χ3n) is 2.33. The van der Waals surface area contributed by atoms with Crippen molar-refractivity contribution >= 4 is 21.8 Å². The largest absolute Gasteiger partial charge is 0.483 e. The SMILES string of the molecule is C#CCNC(=O)COc1ccc(Br)cc1CNCC. The summed E-state index contributed by atoms with van der Waals surface area (Å²) in [5, 5.41) is 5.78. The molecule has 19 heavy (non-hydrogen) atoms. The van der Waals surface area contributed by atoms with Crippen LogP contribution in [0.2, 0.25) is 0 Å². The van der Waals surface area contributed by atoms with Crippen molar-refractivity contribution in [1.29, 1.82) is 0 Å². The van der Waals surface area contributed by atoms with Crippen LogP contribution in [0.5, 0.6) is 5.75 Å². The van der Waals surface area contributed by atoms with Crippen molar-refractivity contribution < 1.29 is 9.53 Å². The van der Waals surface area contributed by atoms with Crippen LogP contribution >= 0.6 is 15.9 Å².